The Morgan fingerprint density at radius 2 is 2.00 bits per heavy atom. The fourth-order valence-corrected chi connectivity index (χ4v) is 1.70. The van der Waals surface area contributed by atoms with Gasteiger partial charge in [-0.2, -0.15) is 0 Å². The summed E-state index contributed by atoms with van der Waals surface area (Å²) in [6, 6.07) is 5.89. The number of hydrogen-bond acceptors (Lipinski definition) is 2. The summed E-state index contributed by atoms with van der Waals surface area (Å²) in [5.41, 5.74) is 3.34. The molecular formula is C16H20O2. The van der Waals surface area contributed by atoms with Crippen LogP contribution in [0.2, 0.25) is 0 Å². The van der Waals surface area contributed by atoms with E-state index in [0.717, 1.165) is 23.3 Å². The molecular weight excluding hydrogens is 224 g/mol. The molecule has 0 aromatic heterocycles. The largest absolute Gasteiger partial charge is 0.497 e. The predicted molar refractivity (Wildman–Crippen MR) is 76.7 cm³/mol. The number of ketones is 1. The molecule has 96 valence electrons. The smallest absolute Gasteiger partial charge is 0.130 e. The third kappa shape index (κ3) is 4.21. The zero-order valence-electron chi connectivity index (χ0n) is 11.3. The van der Waals surface area contributed by atoms with Crippen LogP contribution in [-0.4, -0.2) is 12.9 Å². The van der Waals surface area contributed by atoms with E-state index in [1.807, 2.05) is 31.2 Å². The highest BCUT2D eigenvalue weighted by Gasteiger charge is 2.01. The van der Waals surface area contributed by atoms with Gasteiger partial charge in [-0.05, 0) is 43.5 Å². The topological polar surface area (TPSA) is 26.3 Å². The van der Waals surface area contributed by atoms with Crippen LogP contribution in [0.25, 0.3) is 12.2 Å². The van der Waals surface area contributed by atoms with E-state index in [9.17, 15) is 4.79 Å². The zero-order valence-corrected chi connectivity index (χ0v) is 11.3. The third-order valence-electron chi connectivity index (χ3n) is 2.79. The van der Waals surface area contributed by atoms with Gasteiger partial charge in [0.05, 0.1) is 7.11 Å². The van der Waals surface area contributed by atoms with Crippen LogP contribution in [0, 0.1) is 0 Å². The quantitative estimate of drug-likeness (QED) is 0.752. The molecule has 18 heavy (non-hydrogen) atoms. The minimum atomic E-state index is 0.224. The molecule has 0 amide bonds. The Hall–Kier alpha value is -1.83. The number of allylic oxidation sites excluding steroid dienone is 1. The molecule has 0 heterocycles. The Bertz CT molecular complexity index is 470. The number of Topliss-reactive ketones (excluding diaryl/α,β-unsaturated/α-hetero) is 1. The average Bonchev–Trinajstić information content (AvgIpc) is 2.36. The molecule has 0 aliphatic carbocycles. The third-order valence-corrected chi connectivity index (χ3v) is 2.79. The summed E-state index contributed by atoms with van der Waals surface area (Å²) in [5.74, 6) is 1.05. The number of carbonyl (C=O) groups excluding carboxylic acids is 1. The molecule has 0 spiro atoms. The minimum Gasteiger partial charge on any atom is -0.497 e. The van der Waals surface area contributed by atoms with Crippen molar-refractivity contribution in [2.75, 3.05) is 7.11 Å². The first kappa shape index (κ1) is 14.2. The number of rotatable bonds is 6. The van der Waals surface area contributed by atoms with Gasteiger partial charge in [0.1, 0.15) is 11.5 Å². The monoisotopic (exact) mass is 244 g/mol. The molecule has 0 aliphatic rings. The number of methoxy groups -OCH3 is 1. The lowest BCUT2D eigenvalue weighted by Crippen LogP contribution is -1.91. The van der Waals surface area contributed by atoms with Crippen LogP contribution in [0.1, 0.15) is 37.8 Å². The molecule has 0 saturated heterocycles. The highest BCUT2D eigenvalue weighted by molar-refractivity contribution is 5.76. The Morgan fingerprint density at radius 1 is 1.28 bits per heavy atom. The highest BCUT2D eigenvalue weighted by Crippen LogP contribution is 2.22. The van der Waals surface area contributed by atoms with Gasteiger partial charge >= 0.3 is 0 Å². The van der Waals surface area contributed by atoms with Crippen molar-refractivity contribution in [1.29, 1.82) is 0 Å². The molecule has 0 saturated carbocycles. The number of hydrogen-bond donors (Lipinski definition) is 0. The van der Waals surface area contributed by atoms with E-state index >= 15 is 0 Å². The summed E-state index contributed by atoms with van der Waals surface area (Å²) >= 11 is 0. The first-order valence-corrected chi connectivity index (χ1v) is 6.04. The molecule has 1 rings (SSSR count). The molecule has 0 fully saturated rings. The minimum absolute atomic E-state index is 0.224. The molecule has 1 aromatic carbocycles. The number of benzene rings is 1. The standard InChI is InChI=1S/C16H20O2/c1-5-14-11-16(18-4)9-8-15(14)10-12(2)6-7-13(3)17/h5,8-11H,1,6-7H2,2-4H3/b12-10+. The van der Waals surface area contributed by atoms with Gasteiger partial charge in [-0.25, -0.2) is 0 Å². The van der Waals surface area contributed by atoms with Crippen molar-refractivity contribution in [1.82, 2.24) is 0 Å². The van der Waals surface area contributed by atoms with Crippen LogP contribution in [0.4, 0.5) is 0 Å². The van der Waals surface area contributed by atoms with E-state index in [0.29, 0.717) is 6.42 Å². The SMILES string of the molecule is C=Cc1cc(OC)ccc1/C=C(\C)CCC(C)=O. The van der Waals surface area contributed by atoms with Crippen LogP contribution in [-0.2, 0) is 4.79 Å². The van der Waals surface area contributed by atoms with E-state index in [1.165, 1.54) is 5.57 Å². The highest BCUT2D eigenvalue weighted by atomic mass is 16.5. The lowest BCUT2D eigenvalue weighted by Gasteiger charge is -2.06. The molecule has 2 nitrogen and oxygen atoms in total. The van der Waals surface area contributed by atoms with Gasteiger partial charge in [0, 0.05) is 6.42 Å². The summed E-state index contributed by atoms with van der Waals surface area (Å²) in [6.45, 7) is 7.47. The summed E-state index contributed by atoms with van der Waals surface area (Å²) in [5, 5.41) is 0. The molecule has 0 unspecified atom stereocenters. The van der Waals surface area contributed by atoms with E-state index in [-0.39, 0.29) is 5.78 Å². The molecule has 0 N–H and O–H groups in total. The van der Waals surface area contributed by atoms with Crippen molar-refractivity contribution in [3.05, 3.63) is 41.5 Å². The maximum atomic E-state index is 10.9. The van der Waals surface area contributed by atoms with Crippen molar-refractivity contribution in [2.24, 2.45) is 0 Å². The van der Waals surface area contributed by atoms with Crippen molar-refractivity contribution in [3.8, 4) is 5.75 Å². The second-order valence-electron chi connectivity index (χ2n) is 4.39. The van der Waals surface area contributed by atoms with E-state index in [1.54, 1.807) is 14.0 Å². The van der Waals surface area contributed by atoms with Crippen LogP contribution >= 0.6 is 0 Å². The van der Waals surface area contributed by atoms with Gasteiger partial charge < -0.3 is 9.53 Å². The Labute approximate surface area is 109 Å². The first-order valence-electron chi connectivity index (χ1n) is 6.04. The molecule has 1 aromatic rings. The number of ether oxygens (including phenoxy) is 1. The van der Waals surface area contributed by atoms with Crippen molar-refractivity contribution in [3.63, 3.8) is 0 Å². The molecule has 0 atom stereocenters. The maximum absolute atomic E-state index is 10.9. The Balaban J connectivity index is 2.91. The normalized spacial score (nSPS) is 11.2. The van der Waals surface area contributed by atoms with Gasteiger partial charge in [0.15, 0.2) is 0 Å². The van der Waals surface area contributed by atoms with Gasteiger partial charge in [-0.1, -0.05) is 30.4 Å². The second kappa shape index (κ2) is 6.80. The summed E-state index contributed by atoms with van der Waals surface area (Å²) in [4.78, 5) is 10.9. The van der Waals surface area contributed by atoms with Crippen LogP contribution in [0.3, 0.4) is 0 Å². The van der Waals surface area contributed by atoms with Gasteiger partial charge in [-0.15, -0.1) is 0 Å². The van der Waals surface area contributed by atoms with Crippen LogP contribution < -0.4 is 4.74 Å². The van der Waals surface area contributed by atoms with Crippen LogP contribution in [0.15, 0.2) is 30.4 Å². The first-order chi connectivity index (χ1) is 8.56. The maximum Gasteiger partial charge on any atom is 0.130 e. The Morgan fingerprint density at radius 3 is 2.56 bits per heavy atom. The molecule has 0 radical (unpaired) electrons. The van der Waals surface area contributed by atoms with Gasteiger partial charge in [0.2, 0.25) is 0 Å². The fraction of sp³-hybridized carbons (Fsp3) is 0.312. The fourth-order valence-electron chi connectivity index (χ4n) is 1.70. The number of carbonyl (C=O) groups is 1. The van der Waals surface area contributed by atoms with Crippen LogP contribution in [0.5, 0.6) is 5.75 Å². The molecule has 0 bridgehead atoms. The van der Waals surface area contributed by atoms with Gasteiger partial charge in [-0.3, -0.25) is 0 Å². The summed E-state index contributed by atoms with van der Waals surface area (Å²) in [6.07, 6.45) is 5.31. The Kier molecular flexibility index (Phi) is 5.37. The van der Waals surface area contributed by atoms with Crippen molar-refractivity contribution in [2.45, 2.75) is 26.7 Å². The van der Waals surface area contributed by atoms with E-state index in [4.69, 9.17) is 4.74 Å². The van der Waals surface area contributed by atoms with E-state index < -0.39 is 0 Å². The zero-order chi connectivity index (χ0) is 13.5. The average molecular weight is 244 g/mol. The van der Waals surface area contributed by atoms with Crippen molar-refractivity contribution >= 4 is 17.9 Å². The lowest BCUT2D eigenvalue weighted by molar-refractivity contribution is -0.116. The second-order valence-corrected chi connectivity index (χ2v) is 4.39. The van der Waals surface area contributed by atoms with Crippen molar-refractivity contribution < 1.29 is 9.53 Å². The molecule has 2 heteroatoms. The van der Waals surface area contributed by atoms with E-state index in [2.05, 4.69) is 12.7 Å². The molecule has 0 aliphatic heterocycles. The predicted octanol–water partition coefficient (Wildman–Crippen LogP) is 4.11. The lowest BCUT2D eigenvalue weighted by atomic mass is 10.0. The summed E-state index contributed by atoms with van der Waals surface area (Å²) < 4.78 is 5.18. The summed E-state index contributed by atoms with van der Waals surface area (Å²) in [7, 11) is 1.65. The van der Waals surface area contributed by atoms with Gasteiger partial charge in [0.25, 0.3) is 0 Å².